The second-order valence-electron chi connectivity index (χ2n) is 15.4. The Morgan fingerprint density at radius 2 is 0.918 bits per heavy atom. The Balaban J connectivity index is 1.04. The Kier molecular flexibility index (Phi) is 7.17. The fourth-order valence-electron chi connectivity index (χ4n) is 9.18. The SMILES string of the molecule is c1ccc(-c2nc(-n3c4ccccc4c4cc(-c5nc(-c6ccc7c(c6)c6ccccc6n7-c6ccccc6)c6oc7ccccc7c6n5)ccc43)c3ccccc3n2)cc1. The number of aromatic nitrogens is 6. The third-order valence-electron chi connectivity index (χ3n) is 11.9. The fraction of sp³-hybridized carbons (Fsp3) is 0. The number of hydrogen-bond donors (Lipinski definition) is 0. The van der Waals surface area contributed by atoms with Gasteiger partial charge in [0.1, 0.15) is 22.6 Å². The van der Waals surface area contributed by atoms with Crippen molar-refractivity contribution in [2.45, 2.75) is 0 Å². The average molecular weight is 781 g/mol. The molecule has 0 atom stereocenters. The van der Waals surface area contributed by atoms with Crippen LogP contribution in [-0.2, 0) is 0 Å². The first kappa shape index (κ1) is 33.5. The summed E-state index contributed by atoms with van der Waals surface area (Å²) in [6.45, 7) is 0. The second-order valence-corrected chi connectivity index (χ2v) is 15.4. The zero-order chi connectivity index (χ0) is 40.0. The summed E-state index contributed by atoms with van der Waals surface area (Å²) in [6.07, 6.45) is 0. The predicted molar refractivity (Wildman–Crippen MR) is 247 cm³/mol. The minimum Gasteiger partial charge on any atom is -0.452 e. The molecule has 0 saturated heterocycles. The van der Waals surface area contributed by atoms with Crippen LogP contribution in [0, 0.1) is 0 Å². The third-order valence-corrected chi connectivity index (χ3v) is 11.9. The van der Waals surface area contributed by atoms with E-state index in [2.05, 4.69) is 155 Å². The van der Waals surface area contributed by atoms with Gasteiger partial charge in [-0.25, -0.2) is 19.9 Å². The van der Waals surface area contributed by atoms with Crippen LogP contribution in [0.3, 0.4) is 0 Å². The first-order valence-corrected chi connectivity index (χ1v) is 20.4. The summed E-state index contributed by atoms with van der Waals surface area (Å²) in [6, 6.07) is 67.3. The number of furan rings is 1. The van der Waals surface area contributed by atoms with Gasteiger partial charge in [0.15, 0.2) is 17.2 Å². The summed E-state index contributed by atoms with van der Waals surface area (Å²) < 4.78 is 11.2. The molecule has 5 aromatic heterocycles. The summed E-state index contributed by atoms with van der Waals surface area (Å²) in [5.74, 6) is 2.14. The van der Waals surface area contributed by atoms with Crippen LogP contribution in [0.25, 0.3) is 122 Å². The summed E-state index contributed by atoms with van der Waals surface area (Å²) in [5.41, 5.74) is 12.2. The lowest BCUT2D eigenvalue weighted by Crippen LogP contribution is -2.02. The fourth-order valence-corrected chi connectivity index (χ4v) is 9.18. The van der Waals surface area contributed by atoms with Crippen LogP contribution < -0.4 is 0 Å². The van der Waals surface area contributed by atoms with Crippen molar-refractivity contribution in [1.82, 2.24) is 29.1 Å². The lowest BCUT2D eigenvalue weighted by atomic mass is 10.0. The predicted octanol–water partition coefficient (Wildman–Crippen LogP) is 13.5. The van der Waals surface area contributed by atoms with E-state index in [1.54, 1.807) is 0 Å². The number of fused-ring (bicyclic) bond motifs is 10. The highest BCUT2D eigenvalue weighted by atomic mass is 16.3. The summed E-state index contributed by atoms with van der Waals surface area (Å²) in [5, 5.41) is 6.43. The van der Waals surface area contributed by atoms with Crippen LogP contribution in [0.15, 0.2) is 199 Å². The molecular formula is C54H32N6O. The Bertz CT molecular complexity index is 3880. The number of nitrogens with zero attached hydrogens (tertiary/aromatic N) is 6. The van der Waals surface area contributed by atoms with Crippen molar-refractivity contribution < 1.29 is 4.42 Å². The van der Waals surface area contributed by atoms with Crippen molar-refractivity contribution in [1.29, 1.82) is 0 Å². The van der Waals surface area contributed by atoms with Gasteiger partial charge in [-0.2, -0.15) is 0 Å². The highest BCUT2D eigenvalue weighted by Crippen LogP contribution is 2.41. The summed E-state index contributed by atoms with van der Waals surface area (Å²) in [4.78, 5) is 20.9. The molecule has 0 unspecified atom stereocenters. The first-order valence-electron chi connectivity index (χ1n) is 20.4. The topological polar surface area (TPSA) is 74.6 Å². The van der Waals surface area contributed by atoms with Gasteiger partial charge in [-0.3, -0.25) is 4.57 Å². The number of rotatable bonds is 5. The highest BCUT2D eigenvalue weighted by molar-refractivity contribution is 6.14. The molecule has 13 aromatic rings. The van der Waals surface area contributed by atoms with Gasteiger partial charge in [-0.15, -0.1) is 0 Å². The van der Waals surface area contributed by atoms with E-state index < -0.39 is 0 Å². The van der Waals surface area contributed by atoms with E-state index in [1.165, 1.54) is 5.39 Å². The largest absolute Gasteiger partial charge is 0.452 e. The molecule has 0 N–H and O–H groups in total. The molecular weight excluding hydrogens is 749 g/mol. The molecule has 0 bridgehead atoms. The molecule has 0 amide bonds. The standard InChI is InChI=1S/C54H32N6O/c1-3-15-33(16-4-1)52-55-43-23-11-7-21-39(43)54(58-52)60-45-25-13-9-20-38(45)42-32-35(28-30-47(42)60)53-56-49(51-50(57-53)40-22-10-14-26-48(40)61-51)34-27-29-46-41(31-34)37-19-8-12-24-44(37)59(46)36-17-5-2-6-18-36/h1-32H. The van der Waals surface area contributed by atoms with Crippen LogP contribution in [0.1, 0.15) is 0 Å². The van der Waals surface area contributed by atoms with Crippen molar-refractivity contribution >= 4 is 76.6 Å². The summed E-state index contributed by atoms with van der Waals surface area (Å²) >= 11 is 0. The Morgan fingerprint density at radius 3 is 1.69 bits per heavy atom. The number of para-hydroxylation sites is 5. The molecule has 7 nitrogen and oxygen atoms in total. The molecule has 0 saturated carbocycles. The number of hydrogen-bond acceptors (Lipinski definition) is 5. The van der Waals surface area contributed by atoms with Gasteiger partial charge in [0.2, 0.25) is 0 Å². The van der Waals surface area contributed by atoms with E-state index in [0.29, 0.717) is 17.2 Å². The number of benzene rings is 8. The zero-order valence-electron chi connectivity index (χ0n) is 32.6. The zero-order valence-corrected chi connectivity index (χ0v) is 32.6. The van der Waals surface area contributed by atoms with Gasteiger partial charge >= 0.3 is 0 Å². The Hall–Kier alpha value is -8.42. The van der Waals surface area contributed by atoms with E-state index in [4.69, 9.17) is 24.4 Å². The monoisotopic (exact) mass is 780 g/mol. The Morgan fingerprint density at radius 1 is 0.361 bits per heavy atom. The van der Waals surface area contributed by atoms with Crippen LogP contribution in [0.4, 0.5) is 0 Å². The molecule has 0 radical (unpaired) electrons. The van der Waals surface area contributed by atoms with Crippen LogP contribution in [0.5, 0.6) is 0 Å². The summed E-state index contributed by atoms with van der Waals surface area (Å²) in [7, 11) is 0. The molecule has 0 spiro atoms. The smallest absolute Gasteiger partial charge is 0.180 e. The maximum atomic E-state index is 6.61. The normalized spacial score (nSPS) is 11.9. The minimum absolute atomic E-state index is 0.624. The van der Waals surface area contributed by atoms with E-state index >= 15 is 0 Å². The lowest BCUT2D eigenvalue weighted by molar-refractivity contribution is 0.667. The van der Waals surface area contributed by atoms with Crippen LogP contribution in [-0.4, -0.2) is 29.1 Å². The molecule has 0 aliphatic heterocycles. The molecule has 61 heavy (non-hydrogen) atoms. The second kappa shape index (κ2) is 13.0. The molecule has 284 valence electrons. The maximum Gasteiger partial charge on any atom is 0.180 e. The highest BCUT2D eigenvalue weighted by Gasteiger charge is 2.22. The van der Waals surface area contributed by atoms with E-state index in [0.717, 1.165) is 99.5 Å². The molecule has 8 aromatic carbocycles. The van der Waals surface area contributed by atoms with Gasteiger partial charge in [-0.1, -0.05) is 115 Å². The van der Waals surface area contributed by atoms with Crippen LogP contribution >= 0.6 is 0 Å². The molecule has 0 fully saturated rings. The van der Waals surface area contributed by atoms with Crippen molar-refractivity contribution in [3.8, 4) is 45.5 Å². The van der Waals surface area contributed by atoms with Gasteiger partial charge in [0.05, 0.1) is 27.6 Å². The molecule has 0 aliphatic rings. The van der Waals surface area contributed by atoms with Crippen molar-refractivity contribution in [3.05, 3.63) is 194 Å². The molecule has 5 heterocycles. The van der Waals surface area contributed by atoms with E-state index in [1.807, 2.05) is 48.5 Å². The van der Waals surface area contributed by atoms with Crippen molar-refractivity contribution in [2.24, 2.45) is 0 Å². The van der Waals surface area contributed by atoms with Crippen molar-refractivity contribution in [2.75, 3.05) is 0 Å². The maximum absolute atomic E-state index is 6.61. The Labute approximate surface area is 348 Å². The molecule has 13 rings (SSSR count). The minimum atomic E-state index is 0.624. The average Bonchev–Trinajstić information content (AvgIpc) is 3.99. The van der Waals surface area contributed by atoms with Gasteiger partial charge in [0, 0.05) is 54.7 Å². The lowest BCUT2D eigenvalue weighted by Gasteiger charge is -2.13. The van der Waals surface area contributed by atoms with Crippen LogP contribution in [0.2, 0.25) is 0 Å². The molecule has 0 aliphatic carbocycles. The van der Waals surface area contributed by atoms with Crippen molar-refractivity contribution in [3.63, 3.8) is 0 Å². The third kappa shape index (κ3) is 5.11. The molecule has 7 heteroatoms. The first-order chi connectivity index (χ1) is 30.2. The van der Waals surface area contributed by atoms with E-state index in [9.17, 15) is 0 Å². The van der Waals surface area contributed by atoms with Gasteiger partial charge < -0.3 is 8.98 Å². The van der Waals surface area contributed by atoms with Gasteiger partial charge in [-0.05, 0) is 78.9 Å². The van der Waals surface area contributed by atoms with E-state index in [-0.39, 0.29) is 0 Å². The van der Waals surface area contributed by atoms with Gasteiger partial charge in [0.25, 0.3) is 0 Å². The quantitative estimate of drug-likeness (QED) is 0.174.